The summed E-state index contributed by atoms with van der Waals surface area (Å²) in [6.07, 6.45) is -4.54. The summed E-state index contributed by atoms with van der Waals surface area (Å²) in [6.45, 7) is 2.65. The normalized spacial score (nSPS) is 12.2. The molecule has 6 nitrogen and oxygen atoms in total. The summed E-state index contributed by atoms with van der Waals surface area (Å²) in [7, 11) is -4.15. The zero-order valence-corrected chi connectivity index (χ0v) is 14.6. The number of nitro groups is 1. The summed E-state index contributed by atoms with van der Waals surface area (Å²) >= 11 is 0. The SMILES string of the molecule is Cc1cc([N+](=O)[O-])cc(S(=O)(=O)NCc2cccc(C(F)(F)F)c2)c1C. The Balaban J connectivity index is 2.32. The Bertz CT molecular complexity index is 956. The predicted octanol–water partition coefficient (Wildman–Crippen LogP) is 3.71. The lowest BCUT2D eigenvalue weighted by Gasteiger charge is -2.12. The van der Waals surface area contributed by atoms with Gasteiger partial charge in [-0.05, 0) is 36.6 Å². The van der Waals surface area contributed by atoms with E-state index >= 15 is 0 Å². The van der Waals surface area contributed by atoms with E-state index in [1.807, 2.05) is 0 Å². The summed E-state index contributed by atoms with van der Waals surface area (Å²) in [5.74, 6) is 0. The summed E-state index contributed by atoms with van der Waals surface area (Å²) in [6, 6.07) is 6.43. The van der Waals surface area contributed by atoms with Crippen LogP contribution in [0.4, 0.5) is 18.9 Å². The lowest BCUT2D eigenvalue weighted by Crippen LogP contribution is -2.24. The van der Waals surface area contributed by atoms with Crippen LogP contribution in [-0.2, 0) is 22.7 Å². The van der Waals surface area contributed by atoms with E-state index in [4.69, 9.17) is 0 Å². The number of nitro benzene ring substituents is 1. The third-order valence-electron chi connectivity index (χ3n) is 3.83. The molecule has 0 saturated heterocycles. The van der Waals surface area contributed by atoms with Crippen molar-refractivity contribution in [1.82, 2.24) is 4.72 Å². The minimum atomic E-state index is -4.54. The molecule has 0 fully saturated rings. The topological polar surface area (TPSA) is 89.3 Å². The van der Waals surface area contributed by atoms with Crippen molar-refractivity contribution in [3.8, 4) is 0 Å². The van der Waals surface area contributed by atoms with Gasteiger partial charge in [-0.15, -0.1) is 0 Å². The molecule has 2 aromatic rings. The van der Waals surface area contributed by atoms with Gasteiger partial charge in [-0.2, -0.15) is 13.2 Å². The maximum atomic E-state index is 12.7. The van der Waals surface area contributed by atoms with Crippen molar-refractivity contribution >= 4 is 15.7 Å². The van der Waals surface area contributed by atoms with Crippen LogP contribution < -0.4 is 4.72 Å². The molecule has 0 saturated carbocycles. The minimum absolute atomic E-state index is 0.114. The van der Waals surface area contributed by atoms with Gasteiger partial charge < -0.3 is 0 Å². The van der Waals surface area contributed by atoms with Crippen LogP contribution in [0.15, 0.2) is 41.3 Å². The van der Waals surface area contributed by atoms with Gasteiger partial charge in [0, 0.05) is 18.7 Å². The van der Waals surface area contributed by atoms with Crippen LogP contribution in [0.25, 0.3) is 0 Å². The number of benzene rings is 2. The molecular weight excluding hydrogens is 373 g/mol. The number of hydrogen-bond acceptors (Lipinski definition) is 4. The van der Waals surface area contributed by atoms with Crippen LogP contribution in [-0.4, -0.2) is 13.3 Å². The molecule has 0 aliphatic carbocycles. The van der Waals surface area contributed by atoms with Gasteiger partial charge in [-0.1, -0.05) is 18.2 Å². The molecule has 0 aliphatic rings. The number of hydrogen-bond donors (Lipinski definition) is 1. The fourth-order valence-corrected chi connectivity index (χ4v) is 3.66. The number of nitrogens with zero attached hydrogens (tertiary/aromatic N) is 1. The monoisotopic (exact) mass is 388 g/mol. The Morgan fingerprint density at radius 2 is 1.81 bits per heavy atom. The maximum absolute atomic E-state index is 12.7. The van der Waals surface area contributed by atoms with Gasteiger partial charge in [0.05, 0.1) is 15.4 Å². The van der Waals surface area contributed by atoms with E-state index in [1.165, 1.54) is 32.0 Å². The first-order valence-corrected chi connectivity index (χ1v) is 8.81. The molecule has 0 radical (unpaired) electrons. The highest BCUT2D eigenvalue weighted by molar-refractivity contribution is 7.89. The predicted molar refractivity (Wildman–Crippen MR) is 88.0 cm³/mol. The van der Waals surface area contributed by atoms with Crippen LogP contribution in [0, 0.1) is 24.0 Å². The average Bonchev–Trinajstić information content (AvgIpc) is 2.54. The quantitative estimate of drug-likeness (QED) is 0.625. The molecule has 0 atom stereocenters. The van der Waals surface area contributed by atoms with Gasteiger partial charge >= 0.3 is 6.18 Å². The van der Waals surface area contributed by atoms with Crippen LogP contribution in [0.2, 0.25) is 0 Å². The van der Waals surface area contributed by atoms with E-state index in [-0.39, 0.29) is 22.7 Å². The Labute approximate surface area is 147 Å². The van der Waals surface area contributed by atoms with Crippen molar-refractivity contribution in [2.45, 2.75) is 31.5 Å². The molecule has 0 aliphatic heterocycles. The highest BCUT2D eigenvalue weighted by Crippen LogP contribution is 2.30. The van der Waals surface area contributed by atoms with Crippen molar-refractivity contribution in [2.24, 2.45) is 0 Å². The fourth-order valence-electron chi connectivity index (χ4n) is 2.31. The molecule has 1 N–H and O–H groups in total. The summed E-state index contributed by atoms with van der Waals surface area (Å²) in [5, 5.41) is 10.9. The van der Waals surface area contributed by atoms with Crippen LogP contribution >= 0.6 is 0 Å². The smallest absolute Gasteiger partial charge is 0.258 e. The summed E-state index contributed by atoms with van der Waals surface area (Å²) in [4.78, 5) is 9.95. The van der Waals surface area contributed by atoms with Gasteiger partial charge in [0.15, 0.2) is 0 Å². The number of aryl methyl sites for hydroxylation is 1. The van der Waals surface area contributed by atoms with Gasteiger partial charge in [-0.25, -0.2) is 13.1 Å². The zero-order chi connectivity index (χ0) is 19.7. The number of nitrogens with one attached hydrogen (secondary N) is 1. The molecule has 0 spiro atoms. The largest absolute Gasteiger partial charge is 0.416 e. The van der Waals surface area contributed by atoms with Gasteiger partial charge in [0.2, 0.25) is 10.0 Å². The van der Waals surface area contributed by atoms with E-state index in [2.05, 4.69) is 4.72 Å². The van der Waals surface area contributed by atoms with Crippen molar-refractivity contribution in [3.05, 3.63) is 68.8 Å². The van der Waals surface area contributed by atoms with Crippen LogP contribution in [0.1, 0.15) is 22.3 Å². The Morgan fingerprint density at radius 3 is 2.38 bits per heavy atom. The highest BCUT2D eigenvalue weighted by Gasteiger charge is 2.30. The second kappa shape index (κ2) is 7.04. The van der Waals surface area contributed by atoms with E-state index < -0.39 is 26.7 Å². The average molecular weight is 388 g/mol. The van der Waals surface area contributed by atoms with E-state index in [0.29, 0.717) is 11.1 Å². The van der Waals surface area contributed by atoms with Gasteiger partial charge in [0.25, 0.3) is 5.69 Å². The van der Waals surface area contributed by atoms with Gasteiger partial charge in [-0.3, -0.25) is 10.1 Å². The molecule has 2 aromatic carbocycles. The molecule has 140 valence electrons. The maximum Gasteiger partial charge on any atom is 0.416 e. The summed E-state index contributed by atoms with van der Waals surface area (Å²) in [5.41, 5.74) is -0.418. The van der Waals surface area contributed by atoms with E-state index in [0.717, 1.165) is 18.2 Å². The van der Waals surface area contributed by atoms with E-state index in [9.17, 15) is 31.7 Å². The lowest BCUT2D eigenvalue weighted by molar-refractivity contribution is -0.385. The number of non-ortho nitro benzene ring substituents is 1. The Kier molecular flexibility index (Phi) is 5.38. The van der Waals surface area contributed by atoms with Crippen molar-refractivity contribution in [1.29, 1.82) is 0 Å². The molecule has 0 bridgehead atoms. The van der Waals surface area contributed by atoms with Gasteiger partial charge in [0.1, 0.15) is 0 Å². The first-order valence-electron chi connectivity index (χ1n) is 7.33. The molecule has 0 amide bonds. The van der Waals surface area contributed by atoms with Crippen molar-refractivity contribution in [2.75, 3.05) is 0 Å². The molecule has 26 heavy (non-hydrogen) atoms. The second-order valence-corrected chi connectivity index (χ2v) is 7.40. The highest BCUT2D eigenvalue weighted by atomic mass is 32.2. The third kappa shape index (κ3) is 4.38. The fraction of sp³-hybridized carbons (Fsp3) is 0.250. The molecule has 0 unspecified atom stereocenters. The molecular formula is C16H15F3N2O4S. The molecule has 2 rings (SSSR count). The molecule has 0 aromatic heterocycles. The first kappa shape index (κ1) is 19.9. The first-order chi connectivity index (χ1) is 11.9. The Morgan fingerprint density at radius 1 is 1.15 bits per heavy atom. The van der Waals surface area contributed by atoms with Crippen molar-refractivity contribution < 1.29 is 26.5 Å². The summed E-state index contributed by atoms with van der Waals surface area (Å²) < 4.78 is 65.3. The van der Waals surface area contributed by atoms with E-state index in [1.54, 1.807) is 0 Å². The Hall–Kier alpha value is -2.46. The minimum Gasteiger partial charge on any atom is -0.258 e. The van der Waals surface area contributed by atoms with Crippen LogP contribution in [0.3, 0.4) is 0 Å². The zero-order valence-electron chi connectivity index (χ0n) is 13.8. The molecule has 10 heteroatoms. The number of alkyl halides is 3. The standard InChI is InChI=1S/C16H15F3N2O4S/c1-10-6-14(21(22)23)8-15(11(10)2)26(24,25)20-9-12-4-3-5-13(7-12)16(17,18)19/h3-8,20H,9H2,1-2H3. The third-order valence-corrected chi connectivity index (χ3v) is 5.35. The van der Waals surface area contributed by atoms with Crippen LogP contribution in [0.5, 0.6) is 0 Å². The number of halogens is 3. The van der Waals surface area contributed by atoms with Crippen molar-refractivity contribution in [3.63, 3.8) is 0 Å². The number of sulfonamides is 1. The number of rotatable bonds is 5. The molecule has 0 heterocycles. The lowest BCUT2D eigenvalue weighted by atomic mass is 10.1. The second-order valence-electron chi connectivity index (χ2n) is 5.67.